The zero-order chi connectivity index (χ0) is 45.0. The molecule has 0 spiro atoms. The summed E-state index contributed by atoms with van der Waals surface area (Å²) in [6.45, 7) is 5.82. The largest absolute Gasteiger partial charge is 0.449 e. The van der Waals surface area contributed by atoms with Crippen LogP contribution in [0.5, 0.6) is 0 Å². The van der Waals surface area contributed by atoms with E-state index in [-0.39, 0.29) is 19.8 Å². The van der Waals surface area contributed by atoms with E-state index in [2.05, 4.69) is 24.5 Å². The molecule has 0 saturated carbocycles. The normalized spacial score (nSPS) is 19.2. The molecule has 12 nitrogen and oxygen atoms in total. The van der Waals surface area contributed by atoms with Crippen molar-refractivity contribution in [1.82, 2.24) is 15.5 Å². The fourth-order valence-electron chi connectivity index (χ4n) is 8.15. The van der Waals surface area contributed by atoms with Gasteiger partial charge in [0.1, 0.15) is 37.0 Å². The zero-order valence-corrected chi connectivity index (χ0v) is 39.2. The average molecular weight is 876 g/mol. The maximum atomic E-state index is 13.8. The van der Waals surface area contributed by atoms with E-state index in [1.165, 1.54) is 140 Å². The van der Waals surface area contributed by atoms with Gasteiger partial charge in [0.2, 0.25) is 5.91 Å². The lowest BCUT2D eigenvalue weighted by Crippen LogP contribution is -2.69. The molecule has 1 aliphatic heterocycles. The number of carbonyl (C=O) groups excluding carboxylic acids is 3. The van der Waals surface area contributed by atoms with Gasteiger partial charge in [0.25, 0.3) is 0 Å². The van der Waals surface area contributed by atoms with Crippen molar-refractivity contribution >= 4 is 18.1 Å². The van der Waals surface area contributed by atoms with Crippen molar-refractivity contribution in [3.05, 3.63) is 35.9 Å². The minimum absolute atomic E-state index is 0.0165. The van der Waals surface area contributed by atoms with Crippen LogP contribution < -0.4 is 10.6 Å². The number of aliphatic hydroxyl groups is 3. The monoisotopic (exact) mass is 876 g/mol. The Bertz CT molecular complexity index is 1260. The molecule has 0 unspecified atom stereocenters. The Morgan fingerprint density at radius 3 is 1.56 bits per heavy atom. The van der Waals surface area contributed by atoms with Crippen LogP contribution in [-0.2, 0) is 25.6 Å². The maximum Gasteiger partial charge on any atom is 0.411 e. The molecular weight excluding hydrogens is 787 g/mol. The topological polar surface area (TPSA) is 167 Å². The molecule has 1 saturated heterocycles. The number of aliphatic hydroxyl groups excluding tert-OH is 3. The lowest BCUT2D eigenvalue weighted by Gasteiger charge is -2.46. The molecule has 1 fully saturated rings. The van der Waals surface area contributed by atoms with E-state index in [9.17, 15) is 29.7 Å². The Kier molecular flexibility index (Phi) is 32.4. The van der Waals surface area contributed by atoms with E-state index < -0.39 is 61.3 Å². The molecule has 1 heterocycles. The molecule has 1 aromatic carbocycles. The van der Waals surface area contributed by atoms with Crippen LogP contribution in [0.3, 0.4) is 0 Å². The predicted octanol–water partition coefficient (Wildman–Crippen LogP) is 10.6. The molecule has 1 aromatic rings. The summed E-state index contributed by atoms with van der Waals surface area (Å²) in [5, 5.41) is 37.5. The molecule has 0 bridgehead atoms. The van der Waals surface area contributed by atoms with Gasteiger partial charge in [-0.25, -0.2) is 9.59 Å². The summed E-state index contributed by atoms with van der Waals surface area (Å²) in [5.41, 5.74) is 0.785. The Hall–Kier alpha value is -2.93. The second-order valence-electron chi connectivity index (χ2n) is 17.7. The number of nitrogens with zero attached hydrogens (tertiary/aromatic N) is 1. The van der Waals surface area contributed by atoms with Crippen LogP contribution in [0.4, 0.5) is 9.59 Å². The Morgan fingerprint density at radius 1 is 0.645 bits per heavy atom. The van der Waals surface area contributed by atoms with Gasteiger partial charge in [0, 0.05) is 6.54 Å². The van der Waals surface area contributed by atoms with E-state index in [0.717, 1.165) is 44.1 Å². The molecule has 12 heteroatoms. The lowest BCUT2D eigenvalue weighted by molar-refractivity contribution is -0.226. The Labute approximate surface area is 376 Å². The van der Waals surface area contributed by atoms with Gasteiger partial charge >= 0.3 is 12.2 Å². The van der Waals surface area contributed by atoms with Crippen molar-refractivity contribution in [2.24, 2.45) is 0 Å². The molecule has 0 aliphatic carbocycles. The molecule has 0 aromatic heterocycles. The number of rotatable bonds is 37. The number of carbonyl (C=O) groups is 3. The third-order valence-electron chi connectivity index (χ3n) is 12.2. The number of hydrogen-bond donors (Lipinski definition) is 5. The highest BCUT2D eigenvalue weighted by molar-refractivity contribution is 5.85. The number of amides is 3. The van der Waals surface area contributed by atoms with E-state index in [4.69, 9.17) is 14.2 Å². The second kappa shape index (κ2) is 36.4. The van der Waals surface area contributed by atoms with Gasteiger partial charge in [-0.3, -0.25) is 9.69 Å². The smallest absolute Gasteiger partial charge is 0.411 e. The van der Waals surface area contributed by atoms with Gasteiger partial charge in [-0.05, 0) is 25.3 Å². The minimum Gasteiger partial charge on any atom is -0.449 e. The first kappa shape index (κ1) is 55.2. The summed E-state index contributed by atoms with van der Waals surface area (Å²) < 4.78 is 17.2. The predicted molar refractivity (Wildman–Crippen MR) is 248 cm³/mol. The highest BCUT2D eigenvalue weighted by Crippen LogP contribution is 2.26. The average Bonchev–Trinajstić information content (AvgIpc) is 3.27. The minimum atomic E-state index is -1.59. The number of benzene rings is 1. The van der Waals surface area contributed by atoms with Gasteiger partial charge in [-0.1, -0.05) is 211 Å². The third kappa shape index (κ3) is 24.8. The number of alkyl carbamates (subject to hydrolysis) is 1. The van der Waals surface area contributed by atoms with Crippen molar-refractivity contribution in [2.75, 3.05) is 19.8 Å². The zero-order valence-electron chi connectivity index (χ0n) is 39.2. The van der Waals surface area contributed by atoms with E-state index >= 15 is 0 Å². The van der Waals surface area contributed by atoms with Crippen molar-refractivity contribution in [3.8, 4) is 0 Å². The highest BCUT2D eigenvalue weighted by atomic mass is 16.6. The molecule has 62 heavy (non-hydrogen) atoms. The summed E-state index contributed by atoms with van der Waals surface area (Å²) in [5.74, 6) is -0.680. The number of nitrogens with one attached hydrogen (secondary N) is 2. The third-order valence-corrected chi connectivity index (χ3v) is 12.2. The fourth-order valence-corrected chi connectivity index (χ4v) is 8.15. The highest BCUT2D eigenvalue weighted by Gasteiger charge is 2.49. The molecule has 3 amide bonds. The van der Waals surface area contributed by atoms with Crippen molar-refractivity contribution < 1.29 is 43.9 Å². The molecule has 358 valence electrons. The van der Waals surface area contributed by atoms with Crippen LogP contribution in [0.1, 0.15) is 206 Å². The number of ether oxygens (including phenoxy) is 3. The Balaban J connectivity index is 1.92. The Morgan fingerprint density at radius 2 is 1.10 bits per heavy atom. The van der Waals surface area contributed by atoms with Crippen molar-refractivity contribution in [3.63, 3.8) is 0 Å². The fraction of sp³-hybridized carbons (Fsp3) is 0.820. The van der Waals surface area contributed by atoms with E-state index in [1.54, 1.807) is 0 Å². The van der Waals surface area contributed by atoms with Crippen LogP contribution in [0.15, 0.2) is 30.3 Å². The molecule has 2 rings (SSSR count). The first-order valence-corrected chi connectivity index (χ1v) is 25.1. The number of unbranched alkanes of at least 4 members (excludes halogenated alkanes) is 26. The first-order chi connectivity index (χ1) is 30.2. The summed E-state index contributed by atoms with van der Waals surface area (Å²) >= 11 is 0. The standard InChI is InChI=1S/C50H89N3O9/c1-4-6-8-10-12-14-16-18-19-20-21-23-25-27-29-34-38-60-50(59)53(37-33-28-26-24-22-17-15-13-11-9-7-5-2)48-44(46(56)45(55)43(39-54)62-48)52-47(57)41(3)51-49(58)61-40-42-35-31-30-32-36-42/h30-32,35-36,41,43-46,48,54-56H,4-29,33-34,37-40H2,1-3H3,(H,51,58)(H,52,57)/t41-,43+,44+,45+,46+,48+/m0/s1. The van der Waals surface area contributed by atoms with Crippen LogP contribution in [-0.4, -0.2) is 94.7 Å². The molecule has 6 atom stereocenters. The summed E-state index contributed by atoms with van der Waals surface area (Å²) in [4.78, 5) is 41.2. The SMILES string of the molecule is CCCCCCCCCCCCCCCCCCOC(=O)N(CCCCCCCCCCCCCC)[C@@H]1O[C@H](CO)[C@@H](O)[C@H](O)[C@H]1NC(=O)[C@H](C)NC(=O)OCc1ccccc1. The van der Waals surface area contributed by atoms with Gasteiger partial charge in [0.15, 0.2) is 6.23 Å². The summed E-state index contributed by atoms with van der Waals surface area (Å²) in [6, 6.07) is 6.76. The molecule has 0 radical (unpaired) electrons. The quantitative estimate of drug-likeness (QED) is 0.0409. The maximum absolute atomic E-state index is 13.8. The van der Waals surface area contributed by atoms with Crippen LogP contribution in [0, 0.1) is 0 Å². The van der Waals surface area contributed by atoms with Crippen LogP contribution in [0.25, 0.3) is 0 Å². The second-order valence-corrected chi connectivity index (χ2v) is 17.7. The van der Waals surface area contributed by atoms with Crippen molar-refractivity contribution in [2.45, 2.75) is 244 Å². The van der Waals surface area contributed by atoms with Crippen LogP contribution >= 0.6 is 0 Å². The first-order valence-electron chi connectivity index (χ1n) is 25.1. The van der Waals surface area contributed by atoms with Gasteiger partial charge in [-0.15, -0.1) is 0 Å². The molecular formula is C50H89N3O9. The van der Waals surface area contributed by atoms with Gasteiger partial charge in [0.05, 0.1) is 13.2 Å². The van der Waals surface area contributed by atoms with Crippen molar-refractivity contribution in [1.29, 1.82) is 0 Å². The molecule has 5 N–H and O–H groups in total. The van der Waals surface area contributed by atoms with Gasteiger partial charge in [-0.2, -0.15) is 0 Å². The lowest BCUT2D eigenvalue weighted by atomic mass is 9.95. The molecule has 1 aliphatic rings. The summed E-state index contributed by atoms with van der Waals surface area (Å²) in [6.07, 6.45) is 26.6. The van der Waals surface area contributed by atoms with E-state index in [1.807, 2.05) is 30.3 Å². The number of hydrogen-bond acceptors (Lipinski definition) is 9. The summed E-state index contributed by atoms with van der Waals surface area (Å²) in [7, 11) is 0. The van der Waals surface area contributed by atoms with Crippen LogP contribution in [0.2, 0.25) is 0 Å². The van der Waals surface area contributed by atoms with Gasteiger partial charge < -0.3 is 40.2 Å². The van der Waals surface area contributed by atoms with E-state index in [0.29, 0.717) is 12.8 Å².